The lowest BCUT2D eigenvalue weighted by Gasteiger charge is -2.17. The number of likely N-dealkylation sites (N-methyl/N-ethyl adjacent to an activating group) is 1. The second-order valence-corrected chi connectivity index (χ2v) is 5.29. The van der Waals surface area contributed by atoms with Gasteiger partial charge in [-0.2, -0.15) is 0 Å². The minimum Gasteiger partial charge on any atom is -0.483 e. The van der Waals surface area contributed by atoms with E-state index in [9.17, 15) is 9.59 Å². The molecule has 1 amide bonds. The molecule has 21 heavy (non-hydrogen) atoms. The van der Waals surface area contributed by atoms with Crippen molar-refractivity contribution in [1.82, 2.24) is 0 Å². The van der Waals surface area contributed by atoms with Crippen molar-refractivity contribution in [2.45, 2.75) is 0 Å². The smallest absolute Gasteiger partial charge is 0.264 e. The molecule has 0 heterocycles. The number of para-hydroxylation sites is 1. The lowest BCUT2D eigenvalue weighted by atomic mass is 10.2. The Morgan fingerprint density at radius 3 is 2.62 bits per heavy atom. The zero-order chi connectivity index (χ0) is 15.2. The van der Waals surface area contributed by atoms with Crippen molar-refractivity contribution in [3.8, 4) is 5.75 Å². The number of nitrogens with zero attached hydrogens (tertiary/aromatic N) is 1. The highest BCUT2D eigenvalue weighted by atomic mass is 79.9. The fourth-order valence-electron chi connectivity index (χ4n) is 1.77. The molecule has 0 atom stereocenters. The van der Waals surface area contributed by atoms with Crippen LogP contribution in [0.25, 0.3) is 0 Å². The number of ether oxygens (including phenoxy) is 1. The quantitative estimate of drug-likeness (QED) is 0.779. The monoisotopic (exact) mass is 347 g/mol. The summed E-state index contributed by atoms with van der Waals surface area (Å²) in [5.41, 5.74) is 1.19. The number of hydrogen-bond donors (Lipinski definition) is 0. The summed E-state index contributed by atoms with van der Waals surface area (Å²) in [4.78, 5) is 24.6. The molecule has 0 saturated carbocycles. The van der Waals surface area contributed by atoms with Crippen molar-refractivity contribution in [2.75, 3.05) is 18.6 Å². The lowest BCUT2D eigenvalue weighted by molar-refractivity contribution is -0.120. The van der Waals surface area contributed by atoms with Gasteiger partial charge in [0.2, 0.25) is 0 Å². The number of halogens is 1. The molecule has 0 aliphatic heterocycles. The highest BCUT2D eigenvalue weighted by Crippen LogP contribution is 2.22. The molecule has 2 rings (SSSR count). The third-order valence-electron chi connectivity index (χ3n) is 2.97. The predicted molar refractivity (Wildman–Crippen MR) is 84.9 cm³/mol. The zero-order valence-electron chi connectivity index (χ0n) is 11.5. The molecule has 0 spiro atoms. The molecule has 0 aliphatic rings. The van der Waals surface area contributed by atoms with Crippen LogP contribution in [0.15, 0.2) is 53.0 Å². The topological polar surface area (TPSA) is 46.6 Å². The summed E-state index contributed by atoms with van der Waals surface area (Å²) in [5.74, 6) is 0.198. The van der Waals surface area contributed by atoms with Gasteiger partial charge in [0.05, 0.1) is 5.56 Å². The largest absolute Gasteiger partial charge is 0.483 e. The summed E-state index contributed by atoms with van der Waals surface area (Å²) in [6, 6.07) is 14.3. The van der Waals surface area contributed by atoms with E-state index >= 15 is 0 Å². The first-order valence-electron chi connectivity index (χ1n) is 6.31. The van der Waals surface area contributed by atoms with Gasteiger partial charge in [0, 0.05) is 17.2 Å². The first kappa shape index (κ1) is 15.3. The zero-order valence-corrected chi connectivity index (χ0v) is 13.0. The van der Waals surface area contributed by atoms with Crippen LogP contribution in [-0.4, -0.2) is 25.8 Å². The molecule has 0 saturated heterocycles. The number of aldehydes is 1. The first-order valence-corrected chi connectivity index (χ1v) is 7.10. The number of anilines is 1. The Bertz CT molecular complexity index is 643. The van der Waals surface area contributed by atoms with Crippen LogP contribution < -0.4 is 9.64 Å². The molecule has 108 valence electrons. The highest BCUT2D eigenvalue weighted by Gasteiger charge is 2.12. The molecule has 0 unspecified atom stereocenters. The molecule has 0 aliphatic carbocycles. The molecule has 0 aromatic heterocycles. The van der Waals surface area contributed by atoms with Crippen LogP contribution in [0.1, 0.15) is 10.4 Å². The minimum absolute atomic E-state index is 0.131. The van der Waals surface area contributed by atoms with Crippen molar-refractivity contribution in [3.05, 3.63) is 58.6 Å². The average Bonchev–Trinajstić information content (AvgIpc) is 2.53. The van der Waals surface area contributed by atoms with E-state index in [4.69, 9.17) is 4.74 Å². The number of carbonyl (C=O) groups excluding carboxylic acids is 2. The molecule has 0 N–H and O–H groups in total. The molecule has 2 aromatic carbocycles. The van der Waals surface area contributed by atoms with Crippen LogP contribution in [0.3, 0.4) is 0 Å². The minimum atomic E-state index is -0.194. The Morgan fingerprint density at radius 1 is 1.24 bits per heavy atom. The van der Waals surface area contributed by atoms with Crippen LogP contribution in [0.2, 0.25) is 0 Å². The summed E-state index contributed by atoms with van der Waals surface area (Å²) < 4.78 is 6.23. The van der Waals surface area contributed by atoms with Gasteiger partial charge in [0.25, 0.3) is 5.91 Å². The van der Waals surface area contributed by atoms with Gasteiger partial charge in [-0.1, -0.05) is 34.1 Å². The van der Waals surface area contributed by atoms with Crippen LogP contribution in [0, 0.1) is 0 Å². The van der Waals surface area contributed by atoms with Crippen LogP contribution >= 0.6 is 15.9 Å². The molecule has 5 heteroatoms. The molecule has 0 bridgehead atoms. The number of amides is 1. The van der Waals surface area contributed by atoms with E-state index in [-0.39, 0.29) is 12.5 Å². The van der Waals surface area contributed by atoms with Gasteiger partial charge < -0.3 is 9.64 Å². The summed E-state index contributed by atoms with van der Waals surface area (Å²) in [7, 11) is 1.68. The number of benzene rings is 2. The van der Waals surface area contributed by atoms with E-state index in [1.54, 1.807) is 25.2 Å². The van der Waals surface area contributed by atoms with E-state index in [0.717, 1.165) is 10.2 Å². The van der Waals surface area contributed by atoms with Gasteiger partial charge in [0.1, 0.15) is 5.75 Å². The normalized spacial score (nSPS) is 10.0. The summed E-state index contributed by atoms with van der Waals surface area (Å²) in [6.07, 6.45) is 0.700. The highest BCUT2D eigenvalue weighted by molar-refractivity contribution is 9.10. The first-order chi connectivity index (χ1) is 10.1. The fourth-order valence-corrected chi connectivity index (χ4v) is 2.15. The molecule has 4 nitrogen and oxygen atoms in total. The summed E-state index contributed by atoms with van der Waals surface area (Å²) in [5, 5.41) is 0. The Hall–Kier alpha value is -2.14. The Morgan fingerprint density at radius 2 is 1.95 bits per heavy atom. The SMILES string of the molecule is CN(C(=O)COc1ccc(Br)cc1C=O)c1ccccc1. The van der Waals surface area contributed by atoms with Crippen LogP contribution in [-0.2, 0) is 4.79 Å². The van der Waals surface area contributed by atoms with Crippen molar-refractivity contribution in [1.29, 1.82) is 0 Å². The van der Waals surface area contributed by atoms with Gasteiger partial charge in [-0.15, -0.1) is 0 Å². The van der Waals surface area contributed by atoms with Gasteiger partial charge in [-0.3, -0.25) is 9.59 Å². The molecule has 0 fully saturated rings. The van der Waals surface area contributed by atoms with Gasteiger partial charge in [-0.05, 0) is 30.3 Å². The van der Waals surface area contributed by atoms with E-state index in [0.29, 0.717) is 17.6 Å². The Balaban J connectivity index is 2.03. The predicted octanol–water partition coefficient (Wildman–Crippen LogP) is 3.30. The maximum absolute atomic E-state index is 12.1. The fraction of sp³-hybridized carbons (Fsp3) is 0.125. The van der Waals surface area contributed by atoms with Gasteiger partial charge >= 0.3 is 0 Å². The van der Waals surface area contributed by atoms with Crippen LogP contribution in [0.5, 0.6) is 5.75 Å². The van der Waals surface area contributed by atoms with E-state index in [2.05, 4.69) is 15.9 Å². The summed E-state index contributed by atoms with van der Waals surface area (Å²) >= 11 is 3.28. The molecule has 2 aromatic rings. The standard InChI is InChI=1S/C16H14BrNO3/c1-18(14-5-3-2-4-6-14)16(20)11-21-15-8-7-13(17)9-12(15)10-19/h2-10H,11H2,1H3. The van der Waals surface area contributed by atoms with Crippen molar-refractivity contribution in [3.63, 3.8) is 0 Å². The van der Waals surface area contributed by atoms with Crippen molar-refractivity contribution >= 4 is 33.8 Å². The van der Waals surface area contributed by atoms with Crippen molar-refractivity contribution < 1.29 is 14.3 Å². The molecular formula is C16H14BrNO3. The van der Waals surface area contributed by atoms with E-state index in [1.165, 1.54) is 4.90 Å². The Kier molecular flexibility index (Phi) is 5.11. The van der Waals surface area contributed by atoms with Gasteiger partial charge in [-0.25, -0.2) is 0 Å². The second kappa shape index (κ2) is 7.04. The Labute approximate surface area is 131 Å². The number of hydrogen-bond acceptors (Lipinski definition) is 3. The summed E-state index contributed by atoms with van der Waals surface area (Å²) in [6.45, 7) is -0.131. The average molecular weight is 348 g/mol. The maximum atomic E-state index is 12.1. The van der Waals surface area contributed by atoms with Gasteiger partial charge in [0.15, 0.2) is 12.9 Å². The lowest BCUT2D eigenvalue weighted by Crippen LogP contribution is -2.31. The number of carbonyl (C=O) groups is 2. The third-order valence-corrected chi connectivity index (χ3v) is 3.46. The van der Waals surface area contributed by atoms with Crippen molar-refractivity contribution in [2.24, 2.45) is 0 Å². The van der Waals surface area contributed by atoms with E-state index < -0.39 is 0 Å². The third kappa shape index (κ3) is 3.92. The van der Waals surface area contributed by atoms with E-state index in [1.807, 2.05) is 30.3 Å². The number of rotatable bonds is 5. The van der Waals surface area contributed by atoms with Crippen LogP contribution in [0.4, 0.5) is 5.69 Å². The molecule has 0 radical (unpaired) electrons. The molecular weight excluding hydrogens is 334 g/mol. The maximum Gasteiger partial charge on any atom is 0.264 e. The second-order valence-electron chi connectivity index (χ2n) is 4.38.